The molecule has 17 heavy (non-hydrogen) atoms. The van der Waals surface area contributed by atoms with E-state index < -0.39 is 10.2 Å². The van der Waals surface area contributed by atoms with Crippen LogP contribution in [0.5, 0.6) is 0 Å². The normalized spacial score (nSPS) is 23.2. The second kappa shape index (κ2) is 3.89. The predicted molar refractivity (Wildman–Crippen MR) is 67.4 cm³/mol. The summed E-state index contributed by atoms with van der Waals surface area (Å²) in [7, 11) is -3.39. The van der Waals surface area contributed by atoms with Crippen LogP contribution in [0.15, 0.2) is 24.3 Å². The average molecular weight is 253 g/mol. The molecule has 1 fully saturated rings. The summed E-state index contributed by atoms with van der Waals surface area (Å²) < 4.78 is 28.4. The summed E-state index contributed by atoms with van der Waals surface area (Å²) >= 11 is 0. The average Bonchev–Trinajstić information content (AvgIpc) is 2.60. The van der Waals surface area contributed by atoms with Gasteiger partial charge in [-0.3, -0.25) is 4.72 Å². The first-order valence-electron chi connectivity index (χ1n) is 5.80. The quantitative estimate of drug-likeness (QED) is 0.782. The molecule has 92 valence electrons. The van der Waals surface area contributed by atoms with E-state index in [9.17, 15) is 8.42 Å². The maximum atomic E-state index is 12.1. The Morgan fingerprint density at radius 1 is 1.18 bits per heavy atom. The number of nitrogens with one attached hydrogen (secondary N) is 2. The summed E-state index contributed by atoms with van der Waals surface area (Å²) in [6.07, 6.45) is 1.71. The SMILES string of the molecule is O=S1(=O)Nc2ccccc2N1C1CCNCC1. The van der Waals surface area contributed by atoms with E-state index in [2.05, 4.69) is 10.0 Å². The zero-order valence-corrected chi connectivity index (χ0v) is 10.2. The molecular formula is C11H15N3O2S. The van der Waals surface area contributed by atoms with E-state index >= 15 is 0 Å². The van der Waals surface area contributed by atoms with Gasteiger partial charge in [-0.1, -0.05) is 12.1 Å². The lowest BCUT2D eigenvalue weighted by Gasteiger charge is -2.31. The number of anilines is 2. The van der Waals surface area contributed by atoms with E-state index in [0.717, 1.165) is 31.6 Å². The first-order chi connectivity index (χ1) is 8.18. The van der Waals surface area contributed by atoms with Crippen LogP contribution in [0.1, 0.15) is 12.8 Å². The van der Waals surface area contributed by atoms with Crippen LogP contribution in [0.4, 0.5) is 11.4 Å². The predicted octanol–water partition coefficient (Wildman–Crippen LogP) is 0.915. The van der Waals surface area contributed by atoms with Crippen molar-refractivity contribution in [3.8, 4) is 0 Å². The van der Waals surface area contributed by atoms with Crippen molar-refractivity contribution in [1.82, 2.24) is 5.32 Å². The molecule has 6 heteroatoms. The number of nitrogens with zero attached hydrogens (tertiary/aromatic N) is 1. The summed E-state index contributed by atoms with van der Waals surface area (Å²) in [5, 5.41) is 3.25. The lowest BCUT2D eigenvalue weighted by atomic mass is 10.1. The molecule has 1 saturated heterocycles. The number of fused-ring (bicyclic) bond motifs is 1. The zero-order valence-electron chi connectivity index (χ0n) is 9.39. The van der Waals surface area contributed by atoms with Gasteiger partial charge in [0, 0.05) is 6.04 Å². The van der Waals surface area contributed by atoms with Crippen LogP contribution in [0.25, 0.3) is 0 Å². The summed E-state index contributed by atoms with van der Waals surface area (Å²) in [4.78, 5) is 0. The van der Waals surface area contributed by atoms with Gasteiger partial charge in [0.05, 0.1) is 11.4 Å². The molecule has 2 N–H and O–H groups in total. The molecule has 0 unspecified atom stereocenters. The molecule has 2 aliphatic heterocycles. The highest BCUT2D eigenvalue weighted by atomic mass is 32.2. The lowest BCUT2D eigenvalue weighted by molar-refractivity contribution is 0.455. The van der Waals surface area contributed by atoms with E-state index in [0.29, 0.717) is 5.69 Å². The number of hydrogen-bond acceptors (Lipinski definition) is 3. The molecule has 0 amide bonds. The molecule has 1 aromatic rings. The van der Waals surface area contributed by atoms with Crippen molar-refractivity contribution in [3.63, 3.8) is 0 Å². The first-order valence-corrected chi connectivity index (χ1v) is 7.24. The monoisotopic (exact) mass is 253 g/mol. The Balaban J connectivity index is 2.01. The summed E-state index contributed by atoms with van der Waals surface area (Å²) in [6, 6.07) is 7.43. The van der Waals surface area contributed by atoms with Crippen LogP contribution in [-0.2, 0) is 10.2 Å². The Labute approximate surface area is 101 Å². The van der Waals surface area contributed by atoms with Gasteiger partial charge in [-0.05, 0) is 38.1 Å². The third kappa shape index (κ3) is 1.77. The molecule has 0 aliphatic carbocycles. The van der Waals surface area contributed by atoms with Crippen molar-refractivity contribution in [3.05, 3.63) is 24.3 Å². The van der Waals surface area contributed by atoms with E-state index in [1.807, 2.05) is 18.2 Å². The maximum Gasteiger partial charge on any atom is 0.324 e. The minimum Gasteiger partial charge on any atom is -0.317 e. The summed E-state index contributed by atoms with van der Waals surface area (Å²) in [6.45, 7) is 1.75. The van der Waals surface area contributed by atoms with Gasteiger partial charge in [0.2, 0.25) is 0 Å². The number of hydrogen-bond donors (Lipinski definition) is 2. The van der Waals surface area contributed by atoms with Gasteiger partial charge < -0.3 is 5.32 Å². The van der Waals surface area contributed by atoms with E-state index in [4.69, 9.17) is 0 Å². The van der Waals surface area contributed by atoms with Gasteiger partial charge >= 0.3 is 10.2 Å². The van der Waals surface area contributed by atoms with Gasteiger partial charge in [-0.15, -0.1) is 0 Å². The van der Waals surface area contributed by atoms with E-state index in [1.54, 1.807) is 10.4 Å². The van der Waals surface area contributed by atoms with Crippen molar-refractivity contribution in [1.29, 1.82) is 0 Å². The third-order valence-electron chi connectivity index (χ3n) is 3.28. The molecular weight excluding hydrogens is 238 g/mol. The molecule has 0 saturated carbocycles. The Morgan fingerprint density at radius 3 is 2.65 bits per heavy atom. The lowest BCUT2D eigenvalue weighted by Crippen LogP contribution is -2.45. The third-order valence-corrected chi connectivity index (χ3v) is 4.77. The fourth-order valence-corrected chi connectivity index (χ4v) is 4.07. The molecule has 5 nitrogen and oxygen atoms in total. The van der Waals surface area contributed by atoms with Crippen molar-refractivity contribution in [2.24, 2.45) is 0 Å². The van der Waals surface area contributed by atoms with Crippen LogP contribution in [0.3, 0.4) is 0 Å². The molecule has 2 aliphatic rings. The Bertz CT molecular complexity index is 523. The minimum absolute atomic E-state index is 0.0670. The van der Waals surface area contributed by atoms with Crippen molar-refractivity contribution >= 4 is 21.6 Å². The largest absolute Gasteiger partial charge is 0.324 e. The summed E-state index contributed by atoms with van der Waals surface area (Å²) in [5.41, 5.74) is 1.46. The number of para-hydroxylation sites is 2. The first kappa shape index (κ1) is 10.9. The highest BCUT2D eigenvalue weighted by Gasteiger charge is 2.37. The number of rotatable bonds is 1. The van der Waals surface area contributed by atoms with Crippen molar-refractivity contribution in [2.75, 3.05) is 22.1 Å². The molecule has 0 radical (unpaired) electrons. The van der Waals surface area contributed by atoms with E-state index in [-0.39, 0.29) is 6.04 Å². The van der Waals surface area contributed by atoms with Gasteiger partial charge in [-0.2, -0.15) is 8.42 Å². The topological polar surface area (TPSA) is 61.4 Å². The molecule has 3 rings (SSSR count). The van der Waals surface area contributed by atoms with E-state index in [1.165, 1.54) is 0 Å². The molecule has 1 aromatic carbocycles. The van der Waals surface area contributed by atoms with Crippen LogP contribution in [0.2, 0.25) is 0 Å². The Hall–Kier alpha value is -1.27. The minimum atomic E-state index is -3.39. The molecule has 2 heterocycles. The molecule has 0 bridgehead atoms. The number of piperidine rings is 1. The highest BCUT2D eigenvalue weighted by Crippen LogP contribution is 2.38. The fraction of sp³-hybridized carbons (Fsp3) is 0.455. The highest BCUT2D eigenvalue weighted by molar-refractivity contribution is 7.94. The Morgan fingerprint density at radius 2 is 1.88 bits per heavy atom. The van der Waals surface area contributed by atoms with Gasteiger partial charge in [0.25, 0.3) is 0 Å². The van der Waals surface area contributed by atoms with Crippen LogP contribution in [-0.4, -0.2) is 27.5 Å². The van der Waals surface area contributed by atoms with Crippen LogP contribution >= 0.6 is 0 Å². The van der Waals surface area contributed by atoms with Crippen molar-refractivity contribution in [2.45, 2.75) is 18.9 Å². The molecule has 0 atom stereocenters. The molecule has 0 aromatic heterocycles. The van der Waals surface area contributed by atoms with Crippen molar-refractivity contribution < 1.29 is 8.42 Å². The van der Waals surface area contributed by atoms with Gasteiger partial charge in [0.1, 0.15) is 0 Å². The summed E-state index contributed by atoms with van der Waals surface area (Å²) in [5.74, 6) is 0. The Kier molecular flexibility index (Phi) is 2.48. The zero-order chi connectivity index (χ0) is 11.9. The second-order valence-corrected chi connectivity index (χ2v) is 5.95. The fourth-order valence-electron chi connectivity index (χ4n) is 2.50. The van der Waals surface area contributed by atoms with Crippen LogP contribution < -0.4 is 14.3 Å². The van der Waals surface area contributed by atoms with Gasteiger partial charge in [-0.25, -0.2) is 4.31 Å². The van der Waals surface area contributed by atoms with Crippen LogP contribution in [0, 0.1) is 0 Å². The van der Waals surface area contributed by atoms with Gasteiger partial charge in [0.15, 0.2) is 0 Å². The maximum absolute atomic E-state index is 12.1. The smallest absolute Gasteiger partial charge is 0.317 e. The second-order valence-electron chi connectivity index (χ2n) is 4.40. The number of benzene rings is 1. The molecule has 0 spiro atoms. The standard InChI is InChI=1S/C11H15N3O2S/c15-17(16)13-10-3-1-2-4-11(10)14(17)9-5-7-12-8-6-9/h1-4,9,12-13H,5-8H2.